The van der Waals surface area contributed by atoms with Crippen LogP contribution in [0.3, 0.4) is 0 Å². The number of nitrogens with one attached hydrogen (secondary N) is 1. The number of rotatable bonds is 5. The third kappa shape index (κ3) is 7.19. The highest BCUT2D eigenvalue weighted by Gasteiger charge is 2.39. The molecular formula is C11H18INO6. The molecule has 0 saturated heterocycles. The molecule has 0 heterocycles. The standard InChI is InChI=1S/C11H18INO6/c1-10(2,3)19-9(17)13-11(12,8(16)18-4)6-5-7(14)15/h5-6H2,1-4H3,(H,13,17)(H,14,15)/t11-/m1/s1. The number of carboxylic acid groups (broad SMARTS) is 1. The van der Waals surface area contributed by atoms with Gasteiger partial charge in [0.05, 0.1) is 7.11 Å². The molecule has 0 bridgehead atoms. The Hall–Kier alpha value is -1.06. The number of esters is 1. The van der Waals surface area contributed by atoms with E-state index in [1.165, 1.54) is 0 Å². The number of hydrogen-bond acceptors (Lipinski definition) is 5. The molecule has 0 aromatic carbocycles. The van der Waals surface area contributed by atoms with E-state index in [1.807, 2.05) is 0 Å². The lowest BCUT2D eigenvalue weighted by molar-refractivity contribution is -0.144. The van der Waals surface area contributed by atoms with E-state index in [2.05, 4.69) is 10.1 Å². The zero-order chi connectivity index (χ0) is 15.3. The zero-order valence-electron chi connectivity index (χ0n) is 11.3. The second-order valence-corrected chi connectivity index (χ2v) is 6.65. The van der Waals surface area contributed by atoms with Crippen molar-refractivity contribution < 1.29 is 29.0 Å². The maximum Gasteiger partial charge on any atom is 0.409 e. The van der Waals surface area contributed by atoms with Gasteiger partial charge in [-0.1, -0.05) is 0 Å². The predicted molar refractivity (Wildman–Crippen MR) is 75.0 cm³/mol. The monoisotopic (exact) mass is 387 g/mol. The fourth-order valence-electron chi connectivity index (χ4n) is 1.12. The van der Waals surface area contributed by atoms with Crippen molar-refractivity contribution in [2.45, 2.75) is 42.8 Å². The number of methoxy groups -OCH3 is 1. The first-order valence-electron chi connectivity index (χ1n) is 5.50. The Morgan fingerprint density at radius 3 is 2.16 bits per heavy atom. The van der Waals surface area contributed by atoms with Crippen molar-refractivity contribution in [3.63, 3.8) is 0 Å². The first kappa shape index (κ1) is 17.9. The largest absolute Gasteiger partial charge is 0.481 e. The Bertz CT molecular complexity index is 365. The minimum absolute atomic E-state index is 0.102. The molecule has 0 radical (unpaired) electrons. The number of hydrogen-bond donors (Lipinski definition) is 2. The van der Waals surface area contributed by atoms with Crippen LogP contribution in [0.25, 0.3) is 0 Å². The molecule has 1 amide bonds. The van der Waals surface area contributed by atoms with Gasteiger partial charge in [-0.25, -0.2) is 9.59 Å². The van der Waals surface area contributed by atoms with E-state index in [0.29, 0.717) is 0 Å². The van der Waals surface area contributed by atoms with Gasteiger partial charge < -0.3 is 14.6 Å². The fraction of sp³-hybridized carbons (Fsp3) is 0.727. The van der Waals surface area contributed by atoms with Crippen LogP contribution in [-0.4, -0.2) is 39.4 Å². The fourth-order valence-corrected chi connectivity index (χ4v) is 1.83. The summed E-state index contributed by atoms with van der Waals surface area (Å²) in [5.41, 5.74) is -0.718. The molecule has 7 nitrogen and oxygen atoms in total. The highest BCUT2D eigenvalue weighted by atomic mass is 127. The van der Waals surface area contributed by atoms with E-state index in [9.17, 15) is 14.4 Å². The molecule has 0 rings (SSSR count). The molecular weight excluding hydrogens is 369 g/mol. The quantitative estimate of drug-likeness (QED) is 0.322. The van der Waals surface area contributed by atoms with Crippen LogP contribution in [0.4, 0.5) is 4.79 Å². The molecule has 1 atom stereocenters. The average molecular weight is 387 g/mol. The molecule has 0 aliphatic rings. The van der Waals surface area contributed by atoms with Crippen molar-refractivity contribution in [1.29, 1.82) is 0 Å². The highest BCUT2D eigenvalue weighted by molar-refractivity contribution is 14.1. The van der Waals surface area contributed by atoms with Crippen LogP contribution in [0.15, 0.2) is 0 Å². The van der Waals surface area contributed by atoms with Gasteiger partial charge in [0.15, 0.2) is 3.55 Å². The molecule has 8 heteroatoms. The van der Waals surface area contributed by atoms with E-state index in [1.54, 1.807) is 43.4 Å². The Kier molecular flexibility index (Phi) is 6.53. The SMILES string of the molecule is COC(=O)[C@@](I)(CCC(=O)O)NC(=O)OC(C)(C)C. The second kappa shape index (κ2) is 6.92. The summed E-state index contributed by atoms with van der Waals surface area (Å²) in [5, 5.41) is 11.0. The molecule has 0 aliphatic carbocycles. The summed E-state index contributed by atoms with van der Waals surface area (Å²) in [5.74, 6) is -1.81. The lowest BCUT2D eigenvalue weighted by atomic mass is 10.1. The smallest absolute Gasteiger partial charge is 0.409 e. The number of alkyl carbamates (subject to hydrolysis) is 1. The van der Waals surface area contributed by atoms with Gasteiger partial charge >= 0.3 is 18.0 Å². The number of alkyl halides is 1. The third-order valence-corrected chi connectivity index (χ3v) is 3.14. The Labute approximate surface area is 125 Å². The average Bonchev–Trinajstić information content (AvgIpc) is 2.22. The van der Waals surface area contributed by atoms with E-state index >= 15 is 0 Å². The molecule has 0 aromatic rings. The molecule has 0 unspecified atom stereocenters. The number of halogens is 1. The van der Waals surface area contributed by atoms with Gasteiger partial charge in [-0.15, -0.1) is 0 Å². The summed E-state index contributed by atoms with van der Waals surface area (Å²) >= 11 is 1.65. The molecule has 2 N–H and O–H groups in total. The number of carbonyl (C=O) groups is 3. The van der Waals surface area contributed by atoms with E-state index in [-0.39, 0.29) is 12.8 Å². The van der Waals surface area contributed by atoms with E-state index in [0.717, 1.165) is 7.11 Å². The number of carboxylic acids is 1. The van der Waals surface area contributed by atoms with Crippen LogP contribution in [0.2, 0.25) is 0 Å². The third-order valence-electron chi connectivity index (χ3n) is 1.89. The summed E-state index contributed by atoms with van der Waals surface area (Å²) in [6.45, 7) is 5.03. The first-order valence-corrected chi connectivity index (χ1v) is 6.58. The van der Waals surface area contributed by atoms with Crippen molar-refractivity contribution >= 4 is 40.6 Å². The second-order valence-electron chi connectivity index (χ2n) is 4.81. The number of ether oxygens (including phenoxy) is 2. The van der Waals surface area contributed by atoms with Gasteiger partial charge in [0.25, 0.3) is 0 Å². The number of carbonyl (C=O) groups excluding carboxylic acids is 2. The van der Waals surface area contributed by atoms with Gasteiger partial charge in [0.2, 0.25) is 0 Å². The van der Waals surface area contributed by atoms with E-state index < -0.39 is 27.2 Å². The minimum atomic E-state index is -1.47. The number of amides is 1. The van der Waals surface area contributed by atoms with Gasteiger partial charge in [-0.05, 0) is 43.4 Å². The molecule has 19 heavy (non-hydrogen) atoms. The van der Waals surface area contributed by atoms with Crippen molar-refractivity contribution in [2.24, 2.45) is 0 Å². The predicted octanol–water partition coefficient (Wildman–Crippen LogP) is 1.68. The topological polar surface area (TPSA) is 102 Å². The van der Waals surface area contributed by atoms with Crippen LogP contribution in [0.1, 0.15) is 33.6 Å². The maximum absolute atomic E-state index is 11.7. The van der Waals surface area contributed by atoms with Crippen molar-refractivity contribution in [3.8, 4) is 0 Å². The maximum atomic E-state index is 11.7. The molecule has 110 valence electrons. The normalized spacial score (nSPS) is 14.2. The lowest BCUT2D eigenvalue weighted by Gasteiger charge is -2.27. The molecule has 0 aromatic heterocycles. The summed E-state index contributed by atoms with van der Waals surface area (Å²) in [4.78, 5) is 33.9. The zero-order valence-corrected chi connectivity index (χ0v) is 13.4. The molecule has 0 spiro atoms. The van der Waals surface area contributed by atoms with E-state index in [4.69, 9.17) is 9.84 Å². The van der Waals surface area contributed by atoms with Gasteiger partial charge in [-0.2, -0.15) is 0 Å². The Morgan fingerprint density at radius 1 is 1.26 bits per heavy atom. The van der Waals surface area contributed by atoms with Crippen molar-refractivity contribution in [3.05, 3.63) is 0 Å². The molecule has 0 aliphatic heterocycles. The Morgan fingerprint density at radius 2 is 1.79 bits per heavy atom. The van der Waals surface area contributed by atoms with Gasteiger partial charge in [0.1, 0.15) is 5.60 Å². The highest BCUT2D eigenvalue weighted by Crippen LogP contribution is 2.24. The number of aliphatic carboxylic acids is 1. The summed E-state index contributed by atoms with van der Waals surface area (Å²) in [7, 11) is 1.16. The Balaban J connectivity index is 4.81. The lowest BCUT2D eigenvalue weighted by Crippen LogP contribution is -2.51. The van der Waals surface area contributed by atoms with Crippen LogP contribution in [0.5, 0.6) is 0 Å². The van der Waals surface area contributed by atoms with Crippen LogP contribution in [0, 0.1) is 0 Å². The van der Waals surface area contributed by atoms with Gasteiger partial charge in [0, 0.05) is 12.8 Å². The van der Waals surface area contributed by atoms with Crippen LogP contribution < -0.4 is 5.32 Å². The van der Waals surface area contributed by atoms with Gasteiger partial charge in [-0.3, -0.25) is 10.1 Å². The summed E-state index contributed by atoms with van der Waals surface area (Å²) < 4.78 is 8.13. The van der Waals surface area contributed by atoms with Crippen LogP contribution in [-0.2, 0) is 19.1 Å². The molecule has 0 saturated carbocycles. The van der Waals surface area contributed by atoms with Crippen molar-refractivity contribution in [1.82, 2.24) is 5.32 Å². The minimum Gasteiger partial charge on any atom is -0.481 e. The summed E-state index contributed by atoms with van der Waals surface area (Å²) in [6, 6.07) is 0. The van der Waals surface area contributed by atoms with Crippen molar-refractivity contribution in [2.75, 3.05) is 7.11 Å². The first-order chi connectivity index (χ1) is 8.50. The van der Waals surface area contributed by atoms with Crippen LogP contribution >= 0.6 is 22.6 Å². The summed E-state index contributed by atoms with van der Waals surface area (Å²) in [6.07, 6.45) is -1.19. The molecule has 0 fully saturated rings.